The Kier molecular flexibility index (Phi) is 3.49. The molecule has 0 bridgehead atoms. The van der Waals surface area contributed by atoms with Gasteiger partial charge in [-0.05, 0) is 46.2 Å². The van der Waals surface area contributed by atoms with Crippen molar-refractivity contribution >= 4 is 27.3 Å². The molecule has 3 heteroatoms. The summed E-state index contributed by atoms with van der Waals surface area (Å²) in [6.07, 6.45) is 0. The third-order valence-corrected chi connectivity index (χ3v) is 4.24. The monoisotopic (exact) mass is 332 g/mol. The van der Waals surface area contributed by atoms with Gasteiger partial charge in [0.15, 0.2) is 0 Å². The highest BCUT2D eigenvalue weighted by molar-refractivity contribution is 9.10. The van der Waals surface area contributed by atoms with Crippen molar-refractivity contribution in [3.63, 3.8) is 0 Å². The van der Waals surface area contributed by atoms with Gasteiger partial charge in [0.25, 0.3) is 0 Å². The molecule has 0 saturated heterocycles. The lowest BCUT2D eigenvalue weighted by atomic mass is 9.99. The Morgan fingerprint density at radius 1 is 0.737 bits per heavy atom. The number of halogens is 2. The van der Waals surface area contributed by atoms with Crippen LogP contribution in [0, 0.1) is 5.82 Å². The van der Waals surface area contributed by atoms with Crippen LogP contribution in [-0.4, -0.2) is 0 Å². The van der Waals surface area contributed by atoms with Crippen molar-refractivity contribution in [3.05, 3.63) is 69.6 Å². The molecule has 0 aliphatic carbocycles. The van der Waals surface area contributed by atoms with E-state index >= 15 is 0 Å². The topological polar surface area (TPSA) is 0 Å². The molecular formula is C16H10BrFS. The fourth-order valence-electron chi connectivity index (χ4n) is 2.00. The molecular weight excluding hydrogens is 323 g/mol. The zero-order chi connectivity index (χ0) is 13.2. The van der Waals surface area contributed by atoms with Gasteiger partial charge in [0.2, 0.25) is 0 Å². The van der Waals surface area contributed by atoms with Crippen molar-refractivity contribution < 1.29 is 4.39 Å². The van der Waals surface area contributed by atoms with Crippen molar-refractivity contribution in [1.29, 1.82) is 0 Å². The minimum Gasteiger partial charge on any atom is -0.207 e. The van der Waals surface area contributed by atoms with Crippen molar-refractivity contribution in [2.24, 2.45) is 0 Å². The second-order valence-electron chi connectivity index (χ2n) is 4.21. The Balaban J connectivity index is 2.07. The van der Waals surface area contributed by atoms with Gasteiger partial charge in [0, 0.05) is 15.6 Å². The zero-order valence-corrected chi connectivity index (χ0v) is 12.3. The summed E-state index contributed by atoms with van der Waals surface area (Å²) in [5.41, 5.74) is 4.54. The Morgan fingerprint density at radius 2 is 1.21 bits per heavy atom. The van der Waals surface area contributed by atoms with E-state index in [0.29, 0.717) is 0 Å². The molecule has 0 nitrogen and oxygen atoms in total. The Bertz CT molecular complexity index is 624. The number of hydrogen-bond donors (Lipinski definition) is 0. The van der Waals surface area contributed by atoms with Gasteiger partial charge >= 0.3 is 0 Å². The van der Waals surface area contributed by atoms with Crippen LogP contribution in [0.25, 0.3) is 22.3 Å². The fourth-order valence-corrected chi connectivity index (χ4v) is 3.13. The van der Waals surface area contributed by atoms with Crippen LogP contribution in [0.1, 0.15) is 0 Å². The first kappa shape index (κ1) is 12.6. The van der Waals surface area contributed by atoms with Gasteiger partial charge in [-0.15, -0.1) is 0 Å². The number of rotatable bonds is 2. The molecule has 3 aromatic rings. The van der Waals surface area contributed by atoms with E-state index in [1.165, 1.54) is 23.3 Å². The van der Waals surface area contributed by atoms with Gasteiger partial charge < -0.3 is 0 Å². The summed E-state index contributed by atoms with van der Waals surface area (Å²) in [7, 11) is 0. The maximum absolute atomic E-state index is 13.0. The summed E-state index contributed by atoms with van der Waals surface area (Å²) in [5.74, 6) is -0.204. The van der Waals surface area contributed by atoms with Gasteiger partial charge in [-0.2, -0.15) is 11.3 Å². The van der Waals surface area contributed by atoms with Crippen LogP contribution in [0.3, 0.4) is 0 Å². The molecule has 1 aromatic heterocycles. The molecule has 0 aliphatic heterocycles. The highest BCUT2D eigenvalue weighted by atomic mass is 79.9. The van der Waals surface area contributed by atoms with Crippen molar-refractivity contribution in [3.8, 4) is 22.3 Å². The summed E-state index contributed by atoms with van der Waals surface area (Å²) in [4.78, 5) is 0. The second-order valence-corrected chi connectivity index (χ2v) is 5.87. The summed E-state index contributed by atoms with van der Waals surface area (Å²) in [5, 5.41) is 4.23. The van der Waals surface area contributed by atoms with Gasteiger partial charge in [-0.3, -0.25) is 0 Å². The molecule has 0 fully saturated rings. The molecule has 0 N–H and O–H groups in total. The Hall–Kier alpha value is -1.45. The van der Waals surface area contributed by atoms with Crippen LogP contribution in [0.5, 0.6) is 0 Å². The average molecular weight is 333 g/mol. The highest BCUT2D eigenvalue weighted by Gasteiger charge is 2.08. The van der Waals surface area contributed by atoms with Gasteiger partial charge in [0.1, 0.15) is 5.82 Å². The third kappa shape index (κ3) is 2.62. The van der Waals surface area contributed by atoms with E-state index < -0.39 is 0 Å². The lowest BCUT2D eigenvalue weighted by molar-refractivity contribution is 0.628. The molecule has 3 rings (SSSR count). The average Bonchev–Trinajstić information content (AvgIpc) is 2.90. The van der Waals surface area contributed by atoms with Crippen molar-refractivity contribution in [2.75, 3.05) is 0 Å². The molecule has 0 aliphatic rings. The van der Waals surface area contributed by atoms with Crippen molar-refractivity contribution in [1.82, 2.24) is 0 Å². The minimum atomic E-state index is -0.204. The first-order valence-corrected chi connectivity index (χ1v) is 7.56. The van der Waals surface area contributed by atoms with E-state index in [9.17, 15) is 4.39 Å². The fraction of sp³-hybridized carbons (Fsp3) is 0. The number of benzene rings is 2. The minimum absolute atomic E-state index is 0.204. The molecule has 0 amide bonds. The molecule has 0 unspecified atom stereocenters. The van der Waals surface area contributed by atoms with Crippen LogP contribution < -0.4 is 0 Å². The SMILES string of the molecule is Fc1ccc(-c2cscc2-c2ccc(Br)cc2)cc1. The summed E-state index contributed by atoms with van der Waals surface area (Å²) in [6.45, 7) is 0. The first-order valence-electron chi connectivity index (χ1n) is 5.82. The van der Waals surface area contributed by atoms with E-state index in [0.717, 1.165) is 15.6 Å². The standard InChI is InChI=1S/C16H10BrFS/c17-13-5-1-11(2-6-13)15-9-19-10-16(15)12-3-7-14(18)8-4-12/h1-10H. The molecule has 0 atom stereocenters. The largest absolute Gasteiger partial charge is 0.207 e. The Labute approximate surface area is 123 Å². The summed E-state index contributed by atoms with van der Waals surface area (Å²) in [6, 6.07) is 14.9. The van der Waals surface area contributed by atoms with Gasteiger partial charge in [0.05, 0.1) is 0 Å². The summed E-state index contributed by atoms with van der Waals surface area (Å²) < 4.78 is 14.1. The summed E-state index contributed by atoms with van der Waals surface area (Å²) >= 11 is 5.10. The van der Waals surface area contributed by atoms with Crippen LogP contribution in [0.2, 0.25) is 0 Å². The maximum atomic E-state index is 13.0. The van der Waals surface area contributed by atoms with Crippen LogP contribution in [0.4, 0.5) is 4.39 Å². The predicted molar refractivity (Wildman–Crippen MR) is 82.8 cm³/mol. The van der Waals surface area contributed by atoms with E-state index in [-0.39, 0.29) is 5.82 Å². The number of hydrogen-bond acceptors (Lipinski definition) is 1. The van der Waals surface area contributed by atoms with Gasteiger partial charge in [-0.25, -0.2) is 4.39 Å². The highest BCUT2D eigenvalue weighted by Crippen LogP contribution is 2.35. The lowest BCUT2D eigenvalue weighted by Gasteiger charge is -2.05. The molecule has 0 spiro atoms. The molecule has 19 heavy (non-hydrogen) atoms. The van der Waals surface area contributed by atoms with E-state index in [1.54, 1.807) is 11.3 Å². The first-order chi connectivity index (χ1) is 9.24. The normalized spacial score (nSPS) is 10.6. The smallest absolute Gasteiger partial charge is 0.123 e. The molecule has 94 valence electrons. The molecule has 0 radical (unpaired) electrons. The van der Waals surface area contributed by atoms with E-state index in [4.69, 9.17) is 0 Å². The zero-order valence-electron chi connectivity index (χ0n) is 9.94. The van der Waals surface area contributed by atoms with Crippen molar-refractivity contribution in [2.45, 2.75) is 0 Å². The Morgan fingerprint density at radius 3 is 1.74 bits per heavy atom. The quantitative estimate of drug-likeness (QED) is 0.541. The second kappa shape index (κ2) is 5.27. The maximum Gasteiger partial charge on any atom is 0.123 e. The molecule has 2 aromatic carbocycles. The lowest BCUT2D eigenvalue weighted by Crippen LogP contribution is -1.81. The van der Waals surface area contributed by atoms with Gasteiger partial charge in [-0.1, -0.05) is 40.2 Å². The third-order valence-electron chi connectivity index (χ3n) is 2.97. The number of thiophene rings is 1. The van der Waals surface area contributed by atoms with E-state index in [2.05, 4.69) is 38.8 Å². The molecule has 0 saturated carbocycles. The van der Waals surface area contributed by atoms with Crippen LogP contribution in [-0.2, 0) is 0 Å². The predicted octanol–water partition coefficient (Wildman–Crippen LogP) is 5.98. The van der Waals surface area contributed by atoms with E-state index in [1.807, 2.05) is 24.3 Å². The van der Waals surface area contributed by atoms with Crippen LogP contribution in [0.15, 0.2) is 63.8 Å². The van der Waals surface area contributed by atoms with Crippen LogP contribution >= 0.6 is 27.3 Å². The molecule has 1 heterocycles.